The molecule has 3 rings (SSSR count). The molecule has 0 saturated heterocycles. The van der Waals surface area contributed by atoms with Crippen LogP contribution in [0.2, 0.25) is 0 Å². The van der Waals surface area contributed by atoms with Crippen molar-refractivity contribution in [2.45, 2.75) is 27.2 Å². The first kappa shape index (κ1) is 20.4. The first-order chi connectivity index (χ1) is 14.0. The average molecular weight is 391 g/mol. The van der Waals surface area contributed by atoms with Crippen LogP contribution < -0.4 is 9.64 Å². The third-order valence-electron chi connectivity index (χ3n) is 4.89. The zero-order valence-corrected chi connectivity index (χ0v) is 17.2. The number of methoxy groups -OCH3 is 1. The number of esters is 1. The zero-order chi connectivity index (χ0) is 21.0. The van der Waals surface area contributed by atoms with Gasteiger partial charge < -0.3 is 9.47 Å². The molecule has 29 heavy (non-hydrogen) atoms. The van der Waals surface area contributed by atoms with Crippen molar-refractivity contribution in [3.05, 3.63) is 76.5 Å². The summed E-state index contributed by atoms with van der Waals surface area (Å²) in [6.07, 6.45) is 2.68. The van der Waals surface area contributed by atoms with E-state index in [1.54, 1.807) is 25.1 Å². The second kappa shape index (κ2) is 8.78. The highest BCUT2D eigenvalue weighted by molar-refractivity contribution is 6.23. The Morgan fingerprint density at radius 1 is 1.03 bits per heavy atom. The van der Waals surface area contributed by atoms with Crippen molar-refractivity contribution in [1.29, 1.82) is 0 Å². The van der Waals surface area contributed by atoms with Gasteiger partial charge >= 0.3 is 5.97 Å². The Bertz CT molecular complexity index is 969. The molecule has 1 aliphatic rings. The molecule has 2 aromatic rings. The van der Waals surface area contributed by atoms with Crippen LogP contribution in [0.5, 0.6) is 5.75 Å². The van der Waals surface area contributed by atoms with E-state index in [0.29, 0.717) is 23.6 Å². The van der Waals surface area contributed by atoms with Crippen LogP contribution in [-0.2, 0) is 20.7 Å². The second-order valence-corrected chi connectivity index (χ2v) is 6.67. The lowest BCUT2D eigenvalue weighted by atomic mass is 10.0. The third-order valence-corrected chi connectivity index (χ3v) is 4.89. The number of aryl methyl sites for hydroxylation is 1. The molecule has 0 radical (unpaired) electrons. The molecule has 1 aliphatic heterocycles. The van der Waals surface area contributed by atoms with Gasteiger partial charge in [-0.2, -0.15) is 0 Å². The number of anilines is 1. The number of amides is 1. The van der Waals surface area contributed by atoms with Crippen LogP contribution in [0.4, 0.5) is 5.69 Å². The molecule has 5 nitrogen and oxygen atoms in total. The third kappa shape index (κ3) is 4.09. The SMILES string of the molecule is CCOc1ccc(N2C(=O)/C(=C\c3ccc(CC)cc3)C(C(=O)OC)=C2C)cc1. The molecule has 0 unspecified atom stereocenters. The fourth-order valence-electron chi connectivity index (χ4n) is 3.37. The number of nitrogens with zero attached hydrogens (tertiary/aromatic N) is 1. The maximum Gasteiger partial charge on any atom is 0.340 e. The van der Waals surface area contributed by atoms with Gasteiger partial charge in [-0.05, 0) is 61.7 Å². The van der Waals surface area contributed by atoms with Crippen LogP contribution in [0.3, 0.4) is 0 Å². The average Bonchev–Trinajstić information content (AvgIpc) is 2.98. The molecule has 0 saturated carbocycles. The van der Waals surface area contributed by atoms with Crippen molar-refractivity contribution in [3.63, 3.8) is 0 Å². The summed E-state index contributed by atoms with van der Waals surface area (Å²) in [5, 5.41) is 0. The van der Waals surface area contributed by atoms with E-state index in [-0.39, 0.29) is 11.5 Å². The molecule has 2 aromatic carbocycles. The summed E-state index contributed by atoms with van der Waals surface area (Å²) in [6.45, 7) is 6.32. The van der Waals surface area contributed by atoms with Crippen molar-refractivity contribution >= 4 is 23.6 Å². The normalized spacial score (nSPS) is 15.2. The number of hydrogen-bond donors (Lipinski definition) is 0. The first-order valence-electron chi connectivity index (χ1n) is 9.67. The summed E-state index contributed by atoms with van der Waals surface area (Å²) >= 11 is 0. The number of rotatable bonds is 6. The van der Waals surface area contributed by atoms with Crippen LogP contribution in [0, 0.1) is 0 Å². The Balaban J connectivity index is 2.03. The van der Waals surface area contributed by atoms with Gasteiger partial charge in [0.05, 0.1) is 24.9 Å². The number of carbonyl (C=O) groups excluding carboxylic acids is 2. The van der Waals surface area contributed by atoms with E-state index in [4.69, 9.17) is 9.47 Å². The molecule has 0 aromatic heterocycles. The Morgan fingerprint density at radius 2 is 1.69 bits per heavy atom. The quantitative estimate of drug-likeness (QED) is 0.536. The standard InChI is InChI=1S/C24H25NO4/c1-5-17-7-9-18(10-8-17)15-21-22(24(27)28-4)16(3)25(23(21)26)19-11-13-20(14-12-19)29-6-2/h7-15H,5-6H2,1-4H3/b21-15-. The number of benzene rings is 2. The molecular formula is C24H25NO4. The Kier molecular flexibility index (Phi) is 6.17. The molecule has 150 valence electrons. The van der Waals surface area contributed by atoms with E-state index in [2.05, 4.69) is 6.92 Å². The minimum Gasteiger partial charge on any atom is -0.494 e. The lowest BCUT2D eigenvalue weighted by Crippen LogP contribution is -2.24. The van der Waals surface area contributed by atoms with Crippen molar-refractivity contribution in [2.75, 3.05) is 18.6 Å². The van der Waals surface area contributed by atoms with Gasteiger partial charge in [-0.3, -0.25) is 9.69 Å². The van der Waals surface area contributed by atoms with E-state index in [0.717, 1.165) is 17.7 Å². The number of allylic oxidation sites excluding steroid dienone is 1. The van der Waals surface area contributed by atoms with Gasteiger partial charge in [0.15, 0.2) is 0 Å². The highest BCUT2D eigenvalue weighted by Gasteiger charge is 2.37. The van der Waals surface area contributed by atoms with Gasteiger partial charge in [-0.15, -0.1) is 0 Å². The van der Waals surface area contributed by atoms with Gasteiger partial charge in [0.2, 0.25) is 0 Å². The summed E-state index contributed by atoms with van der Waals surface area (Å²) in [5.41, 5.74) is 3.89. The summed E-state index contributed by atoms with van der Waals surface area (Å²) in [4.78, 5) is 27.3. The van der Waals surface area contributed by atoms with E-state index < -0.39 is 5.97 Å². The van der Waals surface area contributed by atoms with Gasteiger partial charge in [0.25, 0.3) is 5.91 Å². The van der Waals surface area contributed by atoms with Crippen LogP contribution in [-0.4, -0.2) is 25.6 Å². The lowest BCUT2D eigenvalue weighted by Gasteiger charge is -2.18. The number of ether oxygens (including phenoxy) is 2. The van der Waals surface area contributed by atoms with Crippen molar-refractivity contribution in [1.82, 2.24) is 0 Å². The molecule has 1 amide bonds. The van der Waals surface area contributed by atoms with E-state index in [9.17, 15) is 9.59 Å². The summed E-state index contributed by atoms with van der Waals surface area (Å²) < 4.78 is 10.4. The highest BCUT2D eigenvalue weighted by Crippen LogP contribution is 2.36. The van der Waals surface area contributed by atoms with E-state index in [1.165, 1.54) is 17.6 Å². The molecule has 0 bridgehead atoms. The first-order valence-corrected chi connectivity index (χ1v) is 9.67. The zero-order valence-electron chi connectivity index (χ0n) is 17.2. The Labute approximate surface area is 171 Å². The van der Waals surface area contributed by atoms with Gasteiger partial charge in [0.1, 0.15) is 5.75 Å². The monoisotopic (exact) mass is 391 g/mol. The summed E-state index contributed by atoms with van der Waals surface area (Å²) in [7, 11) is 1.32. The van der Waals surface area contributed by atoms with Crippen LogP contribution in [0.25, 0.3) is 6.08 Å². The molecule has 0 fully saturated rings. The van der Waals surface area contributed by atoms with Gasteiger partial charge in [0, 0.05) is 11.4 Å². The Morgan fingerprint density at radius 3 is 2.24 bits per heavy atom. The second-order valence-electron chi connectivity index (χ2n) is 6.67. The van der Waals surface area contributed by atoms with Gasteiger partial charge in [-0.1, -0.05) is 31.2 Å². The maximum atomic E-state index is 13.3. The molecular weight excluding hydrogens is 366 g/mol. The number of carbonyl (C=O) groups is 2. The van der Waals surface area contributed by atoms with Crippen LogP contribution in [0.15, 0.2) is 65.4 Å². The largest absolute Gasteiger partial charge is 0.494 e. The molecule has 0 N–H and O–H groups in total. The minimum atomic E-state index is -0.527. The van der Waals surface area contributed by atoms with Crippen molar-refractivity contribution in [3.8, 4) is 5.75 Å². The Hall–Kier alpha value is -3.34. The van der Waals surface area contributed by atoms with Gasteiger partial charge in [-0.25, -0.2) is 4.79 Å². The fraction of sp³-hybridized carbons (Fsp3) is 0.250. The highest BCUT2D eigenvalue weighted by atomic mass is 16.5. The van der Waals surface area contributed by atoms with Crippen LogP contribution in [0.1, 0.15) is 31.9 Å². The molecule has 0 spiro atoms. The predicted octanol–water partition coefficient (Wildman–Crippen LogP) is 4.52. The lowest BCUT2D eigenvalue weighted by molar-refractivity contribution is -0.136. The minimum absolute atomic E-state index is 0.258. The summed E-state index contributed by atoms with van der Waals surface area (Å²) in [6, 6.07) is 15.2. The van der Waals surface area contributed by atoms with Crippen molar-refractivity contribution < 1.29 is 19.1 Å². The predicted molar refractivity (Wildman–Crippen MR) is 114 cm³/mol. The van der Waals surface area contributed by atoms with E-state index >= 15 is 0 Å². The van der Waals surface area contributed by atoms with Crippen LogP contribution >= 0.6 is 0 Å². The molecule has 1 heterocycles. The summed E-state index contributed by atoms with van der Waals surface area (Å²) in [5.74, 6) is -0.0585. The fourth-order valence-corrected chi connectivity index (χ4v) is 3.37. The molecule has 0 aliphatic carbocycles. The molecule has 0 atom stereocenters. The maximum absolute atomic E-state index is 13.3. The topological polar surface area (TPSA) is 55.8 Å². The smallest absolute Gasteiger partial charge is 0.340 e. The number of hydrogen-bond acceptors (Lipinski definition) is 4. The van der Waals surface area contributed by atoms with Crippen molar-refractivity contribution in [2.24, 2.45) is 0 Å². The molecule has 5 heteroatoms. The van der Waals surface area contributed by atoms with E-state index in [1.807, 2.05) is 43.3 Å².